The summed E-state index contributed by atoms with van der Waals surface area (Å²) < 4.78 is 0. The molecule has 5 aromatic carbocycles. The Bertz CT molecular complexity index is 3700. The number of allylic oxidation sites excluding steroid dienone is 3. The second kappa shape index (κ2) is 17.3. The van der Waals surface area contributed by atoms with E-state index in [-0.39, 0.29) is 0 Å². The molecule has 0 unspecified atom stereocenters. The summed E-state index contributed by atoms with van der Waals surface area (Å²) in [5.41, 5.74) is 25.8. The van der Waals surface area contributed by atoms with E-state index in [1.807, 2.05) is 36.4 Å². The van der Waals surface area contributed by atoms with Gasteiger partial charge in [0, 0.05) is 49.9 Å². The largest absolute Gasteiger partial charge is 0.354 e. The van der Waals surface area contributed by atoms with Gasteiger partial charge in [-0.05, 0) is 132 Å². The highest BCUT2D eigenvalue weighted by Gasteiger charge is 2.28. The van der Waals surface area contributed by atoms with Crippen LogP contribution >= 0.6 is 0 Å². The first-order valence-corrected chi connectivity index (χ1v) is 23.0. The molecule has 0 spiro atoms. The summed E-state index contributed by atoms with van der Waals surface area (Å²) in [5.74, 6) is 0. The van der Waals surface area contributed by atoms with Crippen LogP contribution in [-0.2, 0) is 0 Å². The number of nitriles is 2. The summed E-state index contributed by atoms with van der Waals surface area (Å²) in [6.45, 7) is 17.0. The summed E-state index contributed by atoms with van der Waals surface area (Å²) in [6, 6.07) is 47.4. The number of benzene rings is 5. The van der Waals surface area contributed by atoms with E-state index in [9.17, 15) is 10.5 Å². The molecule has 10 rings (SSSR count). The van der Waals surface area contributed by atoms with Crippen molar-refractivity contribution in [3.63, 3.8) is 0 Å². The van der Waals surface area contributed by atoms with Gasteiger partial charge in [0.1, 0.15) is 6.07 Å². The van der Waals surface area contributed by atoms with E-state index in [1.165, 1.54) is 0 Å². The molecule has 0 fully saturated rings. The highest BCUT2D eigenvalue weighted by atomic mass is 14.8. The molecular weight excluding hydrogens is 829 g/mol. The number of aromatic nitrogens is 4. The fourth-order valence-electron chi connectivity index (χ4n) is 10.2. The molecule has 328 valence electrons. The highest BCUT2D eigenvalue weighted by molar-refractivity contribution is 6.12. The molecule has 5 heterocycles. The zero-order chi connectivity index (χ0) is 47.4. The van der Waals surface area contributed by atoms with Crippen LogP contribution < -0.4 is 0 Å². The van der Waals surface area contributed by atoms with Gasteiger partial charge in [-0.1, -0.05) is 142 Å². The van der Waals surface area contributed by atoms with Crippen molar-refractivity contribution in [2.45, 2.75) is 55.4 Å². The van der Waals surface area contributed by atoms with Crippen molar-refractivity contribution in [2.75, 3.05) is 0 Å². The van der Waals surface area contributed by atoms with Crippen LogP contribution in [-0.4, -0.2) is 19.9 Å². The molecule has 2 aliphatic rings. The lowest BCUT2D eigenvalue weighted by Crippen LogP contribution is -1.92. The number of rotatable bonds is 6. The Morgan fingerprint density at radius 1 is 0.397 bits per heavy atom. The molecule has 6 heteroatoms. The van der Waals surface area contributed by atoms with Gasteiger partial charge in [-0.25, -0.2) is 9.97 Å². The molecule has 0 saturated carbocycles. The Kier molecular flexibility index (Phi) is 11.0. The van der Waals surface area contributed by atoms with E-state index < -0.39 is 0 Å². The van der Waals surface area contributed by atoms with E-state index in [0.29, 0.717) is 28.1 Å². The van der Waals surface area contributed by atoms with E-state index in [2.05, 4.69) is 187 Å². The summed E-state index contributed by atoms with van der Waals surface area (Å²) in [5, 5.41) is 21.2. The van der Waals surface area contributed by atoms with Crippen LogP contribution in [0.25, 0.3) is 95.9 Å². The Morgan fingerprint density at radius 3 is 1.15 bits per heavy atom. The summed E-state index contributed by atoms with van der Waals surface area (Å²) >= 11 is 0. The number of H-pyrrole nitrogens is 2. The summed E-state index contributed by atoms with van der Waals surface area (Å²) in [7, 11) is 0. The van der Waals surface area contributed by atoms with Gasteiger partial charge in [-0.2, -0.15) is 10.5 Å². The molecule has 0 radical (unpaired) electrons. The molecule has 2 aliphatic heterocycles. The fourth-order valence-corrected chi connectivity index (χ4v) is 10.2. The Labute approximate surface area is 398 Å². The Balaban J connectivity index is 1.46. The van der Waals surface area contributed by atoms with Gasteiger partial charge in [0.2, 0.25) is 0 Å². The zero-order valence-corrected chi connectivity index (χ0v) is 39.6. The monoisotopic (exact) mass is 878 g/mol. The predicted molar refractivity (Wildman–Crippen MR) is 282 cm³/mol. The number of aromatic amines is 2. The van der Waals surface area contributed by atoms with Crippen molar-refractivity contribution < 1.29 is 0 Å². The first-order chi connectivity index (χ1) is 32.8. The van der Waals surface area contributed by atoms with Crippen molar-refractivity contribution in [2.24, 2.45) is 0 Å². The third-order valence-electron chi connectivity index (χ3n) is 12.7. The minimum absolute atomic E-state index is 0.455. The number of nitrogens with zero attached hydrogens (tertiary/aromatic N) is 4. The molecule has 6 nitrogen and oxygen atoms in total. The van der Waals surface area contributed by atoms with Crippen molar-refractivity contribution in [3.8, 4) is 56.6 Å². The van der Waals surface area contributed by atoms with Gasteiger partial charge in [-0.15, -0.1) is 0 Å². The van der Waals surface area contributed by atoms with Crippen LogP contribution in [0.4, 0.5) is 0 Å². The van der Waals surface area contributed by atoms with Crippen LogP contribution in [0.2, 0.25) is 0 Å². The second-order valence-corrected chi connectivity index (χ2v) is 18.6. The molecule has 0 saturated heterocycles. The Morgan fingerprint density at radius 2 is 0.765 bits per heavy atom. The van der Waals surface area contributed by atoms with Gasteiger partial charge in [0.15, 0.2) is 0 Å². The predicted octanol–water partition coefficient (Wildman–Crippen LogP) is 15.6. The van der Waals surface area contributed by atoms with Crippen molar-refractivity contribution >= 4 is 51.4 Å². The minimum atomic E-state index is 0.455. The average Bonchev–Trinajstić information content (AvgIpc) is 4.11. The highest BCUT2D eigenvalue weighted by Crippen LogP contribution is 2.44. The first kappa shape index (κ1) is 43.3. The van der Waals surface area contributed by atoms with Crippen molar-refractivity contribution in [1.82, 2.24) is 19.9 Å². The molecule has 0 atom stereocenters. The van der Waals surface area contributed by atoms with Gasteiger partial charge in [0.05, 0.1) is 40.0 Å². The molecule has 68 heavy (non-hydrogen) atoms. The molecule has 2 N–H and O–H groups in total. The second-order valence-electron chi connectivity index (χ2n) is 18.6. The number of nitrogens with one attached hydrogen (secondary N) is 2. The lowest BCUT2D eigenvalue weighted by Gasteiger charge is -2.10. The molecule has 0 aliphatic carbocycles. The fraction of sp³-hybridized carbons (Fsp3) is 0.129. The van der Waals surface area contributed by atoms with Gasteiger partial charge < -0.3 is 9.97 Å². The normalized spacial score (nSPS) is 12.2. The number of aryl methyl sites for hydroxylation is 8. The quantitative estimate of drug-likeness (QED) is 0.174. The zero-order valence-electron chi connectivity index (χ0n) is 39.6. The number of fused-ring (bicyclic) bond motifs is 8. The lowest BCUT2D eigenvalue weighted by atomic mass is 9.93. The van der Waals surface area contributed by atoms with Gasteiger partial charge in [-0.3, -0.25) is 0 Å². The van der Waals surface area contributed by atoms with Crippen molar-refractivity contribution in [3.05, 3.63) is 206 Å². The van der Waals surface area contributed by atoms with Gasteiger partial charge >= 0.3 is 0 Å². The first-order valence-electron chi connectivity index (χ1n) is 23.0. The third-order valence-corrected chi connectivity index (χ3v) is 12.7. The molecule has 3 aromatic heterocycles. The van der Waals surface area contributed by atoms with E-state index in [4.69, 9.17) is 9.97 Å². The standard InChI is InChI=1S/C62H50N6/c1-35-21-36(2)26-45(25-35)57-51-15-16-52(65-51)58(46-27-37(3)22-38(4)28-46)54-18-20-56(67-54)60(48-31-41(7)24-42(8)32-48)62-50(34-64)49(14-13-43-9-11-44(33-63)12-10-43)61(68-62)59(55-19-17-53(57)66-55)47-29-39(5)23-40(6)30-47/h9-32,66-67H,1-8H3/b14-13+,57-51?,57-53?,58-52?,58-54?,59-55?,60-56?,61-59?,62-60?. The molecule has 0 amide bonds. The maximum atomic E-state index is 11.6. The summed E-state index contributed by atoms with van der Waals surface area (Å²) in [6.07, 6.45) is 8.30. The maximum absolute atomic E-state index is 11.6. The van der Waals surface area contributed by atoms with E-state index in [1.54, 1.807) is 0 Å². The Hall–Kier alpha value is -8.58. The molecule has 8 aromatic rings. The van der Waals surface area contributed by atoms with Crippen LogP contribution in [0.5, 0.6) is 0 Å². The van der Waals surface area contributed by atoms with Crippen LogP contribution in [0, 0.1) is 78.1 Å². The topological polar surface area (TPSA) is 105 Å². The minimum Gasteiger partial charge on any atom is -0.354 e. The number of hydrogen-bond donors (Lipinski definition) is 2. The maximum Gasteiger partial charge on any atom is 0.102 e. The average molecular weight is 879 g/mol. The molecule has 8 bridgehead atoms. The van der Waals surface area contributed by atoms with Crippen molar-refractivity contribution in [1.29, 1.82) is 10.5 Å². The smallest absolute Gasteiger partial charge is 0.102 e. The lowest BCUT2D eigenvalue weighted by molar-refractivity contribution is 1.29. The van der Waals surface area contributed by atoms with Crippen LogP contribution in [0.1, 0.15) is 78.4 Å². The number of hydrogen-bond acceptors (Lipinski definition) is 4. The van der Waals surface area contributed by atoms with Crippen LogP contribution in [0.3, 0.4) is 0 Å². The molecular formula is C62H50N6. The summed E-state index contributed by atoms with van der Waals surface area (Å²) in [4.78, 5) is 19.1. The van der Waals surface area contributed by atoms with E-state index >= 15 is 0 Å². The van der Waals surface area contributed by atoms with Gasteiger partial charge in [0.25, 0.3) is 0 Å². The third kappa shape index (κ3) is 8.19. The van der Waals surface area contributed by atoms with E-state index in [0.717, 1.165) is 128 Å². The van der Waals surface area contributed by atoms with Crippen LogP contribution in [0.15, 0.2) is 127 Å². The SMILES string of the molecule is Cc1cc(C)cc(-c2c3nc(c(-c4cc(C)cc(C)c4)c4ccc([nH]4)c(-c4cc(C)cc(C)c4)c4nc(c(-c5cc(C)cc(C)c5)c5ccc2[nH]5)C(C#N)=C4/C=C/c2ccc(C#N)cc2)C=C3)c1.